The van der Waals surface area contributed by atoms with E-state index >= 15 is 0 Å². The van der Waals surface area contributed by atoms with Gasteiger partial charge in [-0.1, -0.05) is 0 Å². The van der Waals surface area contributed by atoms with Crippen LogP contribution in [0.25, 0.3) is 0 Å². The lowest BCUT2D eigenvalue weighted by Crippen LogP contribution is -2.53. The van der Waals surface area contributed by atoms with Crippen molar-refractivity contribution in [3.05, 3.63) is 12.2 Å². The van der Waals surface area contributed by atoms with Crippen molar-refractivity contribution >= 4 is 12.0 Å². The van der Waals surface area contributed by atoms with Crippen molar-refractivity contribution < 1.29 is 14.7 Å². The average Bonchev–Trinajstić information content (AvgIpc) is 2.85. The maximum absolute atomic E-state index is 12.2. The molecule has 1 saturated heterocycles. The van der Waals surface area contributed by atoms with E-state index in [1.165, 1.54) is 0 Å². The van der Waals surface area contributed by atoms with E-state index in [1.807, 2.05) is 18.9 Å². The largest absolute Gasteiger partial charge is 0.480 e. The quantitative estimate of drug-likeness (QED) is 0.760. The summed E-state index contributed by atoms with van der Waals surface area (Å²) in [5.41, 5.74) is 0. The molecule has 1 fully saturated rings. The zero-order chi connectivity index (χ0) is 15.4. The highest BCUT2D eigenvalue weighted by Gasteiger charge is 2.24. The van der Waals surface area contributed by atoms with Crippen molar-refractivity contribution in [2.24, 2.45) is 7.05 Å². The smallest absolute Gasteiger partial charge is 0.318 e. The van der Waals surface area contributed by atoms with Gasteiger partial charge in [-0.25, -0.2) is 4.79 Å². The first-order chi connectivity index (χ1) is 9.97. The molecular weight excluding hydrogens is 276 g/mol. The number of carbonyl (C=O) groups excluding carboxylic acids is 1. The fourth-order valence-electron chi connectivity index (χ4n) is 2.33. The number of nitrogens with one attached hydrogen (secondary N) is 1. The van der Waals surface area contributed by atoms with Crippen LogP contribution in [0.4, 0.5) is 4.79 Å². The van der Waals surface area contributed by atoms with Crippen molar-refractivity contribution in [2.75, 3.05) is 32.7 Å². The molecule has 0 radical (unpaired) electrons. The van der Waals surface area contributed by atoms with Gasteiger partial charge in [0, 0.05) is 33.2 Å². The Bertz CT molecular complexity index is 509. The van der Waals surface area contributed by atoms with Gasteiger partial charge in [0.05, 0.1) is 12.6 Å². The molecule has 0 saturated carbocycles. The van der Waals surface area contributed by atoms with Crippen LogP contribution in [0, 0.1) is 0 Å². The summed E-state index contributed by atoms with van der Waals surface area (Å²) in [5, 5.41) is 19.4. The third kappa shape index (κ3) is 3.91. The van der Waals surface area contributed by atoms with Gasteiger partial charge >= 0.3 is 12.0 Å². The second-order valence-electron chi connectivity index (χ2n) is 5.13. The van der Waals surface area contributed by atoms with Gasteiger partial charge in [0.1, 0.15) is 6.33 Å². The van der Waals surface area contributed by atoms with E-state index in [0.29, 0.717) is 32.0 Å². The van der Waals surface area contributed by atoms with Crippen molar-refractivity contribution in [3.63, 3.8) is 0 Å². The Kier molecular flexibility index (Phi) is 4.73. The van der Waals surface area contributed by atoms with Crippen molar-refractivity contribution in [3.8, 4) is 0 Å². The van der Waals surface area contributed by atoms with Crippen LogP contribution >= 0.6 is 0 Å². The van der Waals surface area contributed by atoms with E-state index in [0.717, 1.165) is 0 Å². The number of amides is 2. The molecule has 9 nitrogen and oxygen atoms in total. The SMILES string of the molecule is CC(NC(=O)N1CCN(CC(=O)O)CC1)c1nncn1C. The van der Waals surface area contributed by atoms with E-state index in [9.17, 15) is 9.59 Å². The minimum Gasteiger partial charge on any atom is -0.480 e. The lowest BCUT2D eigenvalue weighted by molar-refractivity contribution is -0.138. The molecule has 0 bridgehead atoms. The summed E-state index contributed by atoms with van der Waals surface area (Å²) >= 11 is 0. The molecule has 1 aliphatic heterocycles. The number of carboxylic acid groups (broad SMARTS) is 1. The Balaban J connectivity index is 1.82. The summed E-state index contributed by atoms with van der Waals surface area (Å²) in [6, 6.07) is -0.400. The van der Waals surface area contributed by atoms with Gasteiger partial charge in [-0.3, -0.25) is 9.69 Å². The summed E-state index contributed by atoms with van der Waals surface area (Å²) in [7, 11) is 1.82. The van der Waals surface area contributed by atoms with E-state index < -0.39 is 5.97 Å². The molecule has 0 spiro atoms. The van der Waals surface area contributed by atoms with Crippen LogP contribution in [-0.4, -0.2) is 74.4 Å². The highest BCUT2D eigenvalue weighted by atomic mass is 16.4. The summed E-state index contributed by atoms with van der Waals surface area (Å²) in [4.78, 5) is 26.3. The molecule has 1 aromatic rings. The molecular formula is C12H20N6O3. The third-order valence-corrected chi connectivity index (χ3v) is 3.49. The molecule has 1 atom stereocenters. The van der Waals surface area contributed by atoms with Gasteiger partial charge in [0.2, 0.25) is 0 Å². The third-order valence-electron chi connectivity index (χ3n) is 3.49. The molecule has 1 unspecified atom stereocenters. The molecule has 1 aromatic heterocycles. The average molecular weight is 296 g/mol. The standard InChI is InChI=1S/C12H20N6O3/c1-9(11-15-13-8-16(11)2)14-12(21)18-5-3-17(4-6-18)7-10(19)20/h8-9H,3-7H2,1-2H3,(H,14,21)(H,19,20). The monoisotopic (exact) mass is 296 g/mol. The Morgan fingerprint density at radius 1 is 1.38 bits per heavy atom. The fraction of sp³-hybridized carbons (Fsp3) is 0.667. The lowest BCUT2D eigenvalue weighted by atomic mass is 10.3. The summed E-state index contributed by atoms with van der Waals surface area (Å²) in [5.74, 6) is -0.156. The number of carboxylic acids is 1. The topological polar surface area (TPSA) is 104 Å². The van der Waals surface area contributed by atoms with Crippen molar-refractivity contribution in [1.29, 1.82) is 0 Å². The maximum atomic E-state index is 12.2. The molecule has 2 N–H and O–H groups in total. The van der Waals surface area contributed by atoms with Crippen molar-refractivity contribution in [2.45, 2.75) is 13.0 Å². The molecule has 9 heteroatoms. The van der Waals surface area contributed by atoms with Crippen LogP contribution in [0.15, 0.2) is 6.33 Å². The number of carbonyl (C=O) groups is 2. The predicted octanol–water partition coefficient (Wildman–Crippen LogP) is -0.712. The van der Waals surface area contributed by atoms with Gasteiger partial charge in [0.15, 0.2) is 5.82 Å². The molecule has 0 aromatic carbocycles. The minimum atomic E-state index is -0.844. The number of hydrogen-bond acceptors (Lipinski definition) is 5. The summed E-state index contributed by atoms with van der Waals surface area (Å²) in [6.07, 6.45) is 1.59. The van der Waals surface area contributed by atoms with Crippen molar-refractivity contribution in [1.82, 2.24) is 29.9 Å². The number of urea groups is 1. The van der Waals surface area contributed by atoms with Gasteiger partial charge in [0.25, 0.3) is 0 Å². The maximum Gasteiger partial charge on any atom is 0.318 e. The molecule has 2 rings (SSSR count). The molecule has 2 amide bonds. The first-order valence-corrected chi connectivity index (χ1v) is 6.81. The molecule has 0 aliphatic carbocycles. The number of piperazine rings is 1. The van der Waals surface area contributed by atoms with Gasteiger partial charge in [-0.15, -0.1) is 10.2 Å². The normalized spacial score (nSPS) is 17.5. The zero-order valence-corrected chi connectivity index (χ0v) is 12.2. The first kappa shape index (κ1) is 15.2. The number of nitrogens with zero attached hydrogens (tertiary/aromatic N) is 5. The Morgan fingerprint density at radius 2 is 2.05 bits per heavy atom. The van der Waals surface area contributed by atoms with Crippen LogP contribution in [0.5, 0.6) is 0 Å². The first-order valence-electron chi connectivity index (χ1n) is 6.81. The van der Waals surface area contributed by atoms with Gasteiger partial charge in [-0.05, 0) is 6.92 Å². The fourth-order valence-corrected chi connectivity index (χ4v) is 2.33. The van der Waals surface area contributed by atoms with Crippen LogP contribution in [0.3, 0.4) is 0 Å². The van der Waals surface area contributed by atoms with Crippen LogP contribution < -0.4 is 5.32 Å². The Hall–Kier alpha value is -2.16. The second-order valence-corrected chi connectivity index (χ2v) is 5.13. The Morgan fingerprint density at radius 3 is 2.57 bits per heavy atom. The van der Waals surface area contributed by atoms with E-state index in [-0.39, 0.29) is 18.6 Å². The van der Waals surface area contributed by atoms with E-state index in [4.69, 9.17) is 5.11 Å². The van der Waals surface area contributed by atoms with E-state index in [2.05, 4.69) is 15.5 Å². The van der Waals surface area contributed by atoms with Gasteiger partial charge < -0.3 is 19.9 Å². The molecule has 1 aliphatic rings. The van der Waals surface area contributed by atoms with Crippen LogP contribution in [0.1, 0.15) is 18.8 Å². The number of aromatic nitrogens is 3. The van der Waals surface area contributed by atoms with E-state index in [1.54, 1.807) is 15.8 Å². The molecule has 116 valence electrons. The highest BCUT2D eigenvalue weighted by molar-refractivity contribution is 5.74. The lowest BCUT2D eigenvalue weighted by Gasteiger charge is -2.34. The zero-order valence-electron chi connectivity index (χ0n) is 12.2. The number of aliphatic carboxylic acids is 1. The predicted molar refractivity (Wildman–Crippen MR) is 73.6 cm³/mol. The number of rotatable bonds is 4. The van der Waals surface area contributed by atoms with Crippen LogP contribution in [0.2, 0.25) is 0 Å². The number of hydrogen-bond donors (Lipinski definition) is 2. The molecule has 21 heavy (non-hydrogen) atoms. The summed E-state index contributed by atoms with van der Waals surface area (Å²) in [6.45, 7) is 4.04. The summed E-state index contributed by atoms with van der Waals surface area (Å²) < 4.78 is 1.76. The molecule has 2 heterocycles. The van der Waals surface area contributed by atoms with Gasteiger partial charge in [-0.2, -0.15) is 0 Å². The minimum absolute atomic E-state index is 0.0187. The second kappa shape index (κ2) is 6.53. The highest BCUT2D eigenvalue weighted by Crippen LogP contribution is 2.09. The van der Waals surface area contributed by atoms with Crippen LogP contribution in [-0.2, 0) is 11.8 Å². The number of aryl methyl sites for hydroxylation is 1. The Labute approximate surface area is 122 Å².